The van der Waals surface area contributed by atoms with E-state index in [-0.39, 0.29) is 11.5 Å². The first-order valence-electron chi connectivity index (χ1n) is 8.87. The second-order valence-corrected chi connectivity index (χ2v) is 6.74. The molecule has 0 atom stereocenters. The van der Waals surface area contributed by atoms with Crippen LogP contribution in [0.25, 0.3) is 0 Å². The summed E-state index contributed by atoms with van der Waals surface area (Å²) in [6, 6.07) is 1.76. The lowest BCUT2D eigenvalue weighted by molar-refractivity contribution is -0.0498. The molecule has 25 heavy (non-hydrogen) atoms. The molecular formula is C18H27N3O4. The van der Waals surface area contributed by atoms with Crippen LogP contribution in [0.3, 0.4) is 0 Å². The summed E-state index contributed by atoms with van der Waals surface area (Å²) in [4.78, 5) is 16.7. The summed E-state index contributed by atoms with van der Waals surface area (Å²) in [6.45, 7) is 9.00. The van der Waals surface area contributed by atoms with Gasteiger partial charge in [0.2, 0.25) is 0 Å². The molecule has 7 nitrogen and oxygen atoms in total. The van der Waals surface area contributed by atoms with Crippen LogP contribution in [0.15, 0.2) is 23.2 Å². The molecule has 0 aliphatic carbocycles. The standard InChI is InChI=1S/C18H27N3O4/c1-3-4-18(23-2)5-7-21(8-6-18)17(22)16-13-15(25-19-16)14-20-9-11-24-12-10-20/h3,13H,1,4-12,14H2,2H3. The van der Waals surface area contributed by atoms with Crippen molar-refractivity contribution in [2.24, 2.45) is 0 Å². The van der Waals surface area contributed by atoms with Crippen molar-refractivity contribution in [3.8, 4) is 0 Å². The summed E-state index contributed by atoms with van der Waals surface area (Å²) in [5, 5.41) is 3.98. The van der Waals surface area contributed by atoms with Gasteiger partial charge in [-0.15, -0.1) is 6.58 Å². The van der Waals surface area contributed by atoms with E-state index in [2.05, 4.69) is 16.6 Å². The molecule has 138 valence electrons. The Bertz CT molecular complexity index is 587. The molecular weight excluding hydrogens is 322 g/mol. The largest absolute Gasteiger partial charge is 0.379 e. The van der Waals surface area contributed by atoms with Crippen molar-refractivity contribution < 1.29 is 18.8 Å². The summed E-state index contributed by atoms with van der Waals surface area (Å²) in [5.41, 5.74) is 0.195. The molecule has 0 radical (unpaired) electrons. The molecule has 1 aromatic heterocycles. The summed E-state index contributed by atoms with van der Waals surface area (Å²) < 4.78 is 16.4. The SMILES string of the molecule is C=CCC1(OC)CCN(C(=O)c2cc(CN3CCOCC3)on2)CC1. The average molecular weight is 349 g/mol. The normalized spacial score (nSPS) is 21.2. The second kappa shape index (κ2) is 8.12. The number of hydrogen-bond donors (Lipinski definition) is 0. The highest BCUT2D eigenvalue weighted by Gasteiger charge is 2.35. The van der Waals surface area contributed by atoms with Crippen molar-refractivity contribution in [2.75, 3.05) is 46.5 Å². The zero-order valence-electron chi connectivity index (χ0n) is 14.9. The smallest absolute Gasteiger partial charge is 0.276 e. The van der Waals surface area contributed by atoms with Crippen LogP contribution in [0.1, 0.15) is 35.5 Å². The first-order chi connectivity index (χ1) is 12.2. The Morgan fingerprint density at radius 3 is 2.72 bits per heavy atom. The van der Waals surface area contributed by atoms with Crippen molar-refractivity contribution in [1.82, 2.24) is 15.0 Å². The molecule has 0 unspecified atom stereocenters. The summed E-state index contributed by atoms with van der Waals surface area (Å²) in [6.07, 6.45) is 4.30. The number of aromatic nitrogens is 1. The molecule has 2 fully saturated rings. The van der Waals surface area contributed by atoms with Gasteiger partial charge < -0.3 is 18.9 Å². The maximum Gasteiger partial charge on any atom is 0.276 e. The van der Waals surface area contributed by atoms with Gasteiger partial charge in [-0.3, -0.25) is 9.69 Å². The van der Waals surface area contributed by atoms with E-state index < -0.39 is 0 Å². The molecule has 3 rings (SSSR count). The van der Waals surface area contributed by atoms with Crippen LogP contribution in [-0.2, 0) is 16.0 Å². The number of rotatable bonds is 6. The zero-order valence-corrected chi connectivity index (χ0v) is 14.9. The molecule has 3 heterocycles. The van der Waals surface area contributed by atoms with E-state index in [4.69, 9.17) is 14.0 Å². The molecule has 1 amide bonds. The van der Waals surface area contributed by atoms with Crippen molar-refractivity contribution in [3.05, 3.63) is 30.2 Å². The van der Waals surface area contributed by atoms with Crippen molar-refractivity contribution in [1.29, 1.82) is 0 Å². The van der Waals surface area contributed by atoms with Gasteiger partial charge in [-0.2, -0.15) is 0 Å². The van der Waals surface area contributed by atoms with Crippen LogP contribution < -0.4 is 0 Å². The molecule has 2 saturated heterocycles. The lowest BCUT2D eigenvalue weighted by Gasteiger charge is -2.40. The zero-order chi connectivity index (χ0) is 17.7. The average Bonchev–Trinajstić information content (AvgIpc) is 3.11. The van der Waals surface area contributed by atoms with Gasteiger partial charge >= 0.3 is 0 Å². The van der Waals surface area contributed by atoms with Crippen molar-refractivity contribution in [3.63, 3.8) is 0 Å². The van der Waals surface area contributed by atoms with Gasteiger partial charge in [-0.1, -0.05) is 11.2 Å². The molecule has 0 N–H and O–H groups in total. The number of carbonyl (C=O) groups excluding carboxylic acids is 1. The van der Waals surface area contributed by atoms with E-state index in [9.17, 15) is 4.79 Å². The van der Waals surface area contributed by atoms with E-state index in [1.54, 1.807) is 13.2 Å². The lowest BCUT2D eigenvalue weighted by atomic mass is 9.88. The highest BCUT2D eigenvalue weighted by atomic mass is 16.5. The molecule has 7 heteroatoms. The van der Waals surface area contributed by atoms with E-state index in [1.807, 2.05) is 11.0 Å². The molecule has 2 aliphatic heterocycles. The van der Waals surface area contributed by atoms with Crippen molar-refractivity contribution in [2.45, 2.75) is 31.4 Å². The highest BCUT2D eigenvalue weighted by molar-refractivity contribution is 5.92. The van der Waals surface area contributed by atoms with Crippen molar-refractivity contribution >= 4 is 5.91 Å². The van der Waals surface area contributed by atoms with Crippen LogP contribution in [-0.4, -0.2) is 73.0 Å². The molecule has 0 bridgehead atoms. The Hall–Kier alpha value is -1.70. The van der Waals surface area contributed by atoms with Gasteiger partial charge in [0.05, 0.1) is 25.4 Å². The van der Waals surface area contributed by atoms with Gasteiger partial charge in [-0.05, 0) is 19.3 Å². The topological polar surface area (TPSA) is 68.0 Å². The van der Waals surface area contributed by atoms with E-state index in [1.165, 1.54) is 0 Å². The summed E-state index contributed by atoms with van der Waals surface area (Å²) in [5.74, 6) is 0.653. The highest BCUT2D eigenvalue weighted by Crippen LogP contribution is 2.30. The number of likely N-dealkylation sites (tertiary alicyclic amines) is 1. The third-order valence-corrected chi connectivity index (χ3v) is 5.17. The molecule has 0 saturated carbocycles. The first kappa shape index (κ1) is 18.1. The maximum atomic E-state index is 12.7. The molecule has 0 aromatic carbocycles. The van der Waals surface area contributed by atoms with Crippen LogP contribution in [0, 0.1) is 0 Å². The maximum absolute atomic E-state index is 12.7. The Morgan fingerprint density at radius 2 is 2.08 bits per heavy atom. The predicted octanol–water partition coefficient (Wildman–Crippen LogP) is 1.70. The first-order valence-corrected chi connectivity index (χ1v) is 8.87. The van der Waals surface area contributed by atoms with E-state index in [0.29, 0.717) is 25.3 Å². The fraction of sp³-hybridized carbons (Fsp3) is 0.667. The minimum absolute atomic E-state index is 0.0692. The third kappa shape index (κ3) is 4.29. The van der Waals surface area contributed by atoms with Gasteiger partial charge in [0.1, 0.15) is 0 Å². The van der Waals surface area contributed by atoms with Crippen LogP contribution in [0.4, 0.5) is 0 Å². The number of nitrogens with zero attached hydrogens (tertiary/aromatic N) is 3. The number of piperidine rings is 1. The van der Waals surface area contributed by atoms with Crippen LogP contribution in [0.5, 0.6) is 0 Å². The number of ether oxygens (including phenoxy) is 2. The Kier molecular flexibility index (Phi) is 5.88. The van der Waals surface area contributed by atoms with Crippen LogP contribution >= 0.6 is 0 Å². The quantitative estimate of drug-likeness (QED) is 0.728. The number of carbonyl (C=O) groups is 1. The Morgan fingerprint density at radius 1 is 1.36 bits per heavy atom. The number of hydrogen-bond acceptors (Lipinski definition) is 6. The minimum atomic E-state index is -0.191. The fourth-order valence-corrected chi connectivity index (χ4v) is 3.50. The third-order valence-electron chi connectivity index (χ3n) is 5.17. The van der Waals surface area contributed by atoms with E-state index in [0.717, 1.165) is 51.3 Å². The molecule has 0 spiro atoms. The summed E-state index contributed by atoms with van der Waals surface area (Å²) >= 11 is 0. The van der Waals surface area contributed by atoms with Gasteiger partial charge in [-0.25, -0.2) is 0 Å². The lowest BCUT2D eigenvalue weighted by Crippen LogP contribution is -2.47. The summed E-state index contributed by atoms with van der Waals surface area (Å²) in [7, 11) is 1.73. The molecule has 1 aromatic rings. The molecule has 2 aliphatic rings. The Labute approximate surface area is 148 Å². The number of amides is 1. The fourth-order valence-electron chi connectivity index (χ4n) is 3.50. The number of methoxy groups -OCH3 is 1. The van der Waals surface area contributed by atoms with Gasteiger partial charge in [0.15, 0.2) is 11.5 Å². The Balaban J connectivity index is 1.56. The van der Waals surface area contributed by atoms with Gasteiger partial charge in [0.25, 0.3) is 5.91 Å². The van der Waals surface area contributed by atoms with E-state index >= 15 is 0 Å². The van der Waals surface area contributed by atoms with Crippen LogP contribution in [0.2, 0.25) is 0 Å². The predicted molar refractivity (Wildman–Crippen MR) is 92.3 cm³/mol. The van der Waals surface area contributed by atoms with Gasteiger partial charge in [0, 0.05) is 39.4 Å². The second-order valence-electron chi connectivity index (χ2n) is 6.74. The monoisotopic (exact) mass is 349 g/mol. The number of morpholine rings is 1. The minimum Gasteiger partial charge on any atom is -0.379 e.